The molecule has 0 fully saturated rings. The van der Waals surface area contributed by atoms with Crippen LogP contribution < -0.4 is 5.32 Å². The van der Waals surface area contributed by atoms with E-state index in [1.54, 1.807) is 18.2 Å². The Bertz CT molecular complexity index is 618. The molecule has 0 aliphatic carbocycles. The van der Waals surface area contributed by atoms with Crippen LogP contribution in [0.25, 0.3) is 0 Å². The van der Waals surface area contributed by atoms with Crippen LogP contribution in [0.4, 0.5) is 0 Å². The summed E-state index contributed by atoms with van der Waals surface area (Å²) in [6.07, 6.45) is 0. The van der Waals surface area contributed by atoms with Gasteiger partial charge < -0.3 is 5.32 Å². The summed E-state index contributed by atoms with van der Waals surface area (Å²) < 4.78 is 0.889. The number of rotatable bonds is 3. The largest absolute Gasteiger partial charge is 0.348 e. The lowest BCUT2D eigenvalue weighted by molar-refractivity contribution is 0.0948. The molecule has 0 bridgehead atoms. The summed E-state index contributed by atoms with van der Waals surface area (Å²) >= 11 is 13.7. The van der Waals surface area contributed by atoms with Crippen molar-refractivity contribution in [2.24, 2.45) is 0 Å². The van der Waals surface area contributed by atoms with Gasteiger partial charge >= 0.3 is 0 Å². The zero-order valence-electron chi connectivity index (χ0n) is 9.86. The van der Waals surface area contributed by atoms with E-state index >= 15 is 0 Å². The molecule has 0 aromatic heterocycles. The van der Waals surface area contributed by atoms with Gasteiger partial charge in [0.2, 0.25) is 0 Å². The van der Waals surface area contributed by atoms with Crippen LogP contribution in [0, 0.1) is 0 Å². The quantitative estimate of drug-likeness (QED) is 0.788. The van der Waals surface area contributed by atoms with Gasteiger partial charge in [0.1, 0.15) is 0 Å². The van der Waals surface area contributed by atoms with Crippen molar-refractivity contribution in [1.82, 2.24) is 5.32 Å². The number of halogens is 2. The molecule has 0 saturated carbocycles. The minimum absolute atomic E-state index is 0.169. The van der Waals surface area contributed by atoms with E-state index in [0.717, 1.165) is 10.0 Å². The highest BCUT2D eigenvalue weighted by molar-refractivity contribution is 9.10. The Morgan fingerprint density at radius 2 is 2.00 bits per heavy atom. The monoisotopic (exact) mass is 355 g/mol. The van der Waals surface area contributed by atoms with Crippen LogP contribution in [0.5, 0.6) is 0 Å². The number of thiol groups is 1. The maximum Gasteiger partial charge on any atom is 0.252 e. The molecule has 0 aliphatic heterocycles. The fourth-order valence-electron chi connectivity index (χ4n) is 1.61. The second-order valence-corrected chi connectivity index (χ2v) is 5.74. The van der Waals surface area contributed by atoms with Gasteiger partial charge in [-0.05, 0) is 29.8 Å². The van der Waals surface area contributed by atoms with Gasteiger partial charge in [-0.25, -0.2) is 0 Å². The Labute approximate surface area is 130 Å². The molecule has 0 atom stereocenters. The van der Waals surface area contributed by atoms with Crippen LogP contribution in [0.2, 0.25) is 5.02 Å². The van der Waals surface area contributed by atoms with E-state index in [1.807, 2.05) is 24.3 Å². The first-order valence-electron chi connectivity index (χ1n) is 5.58. The molecular formula is C14H11BrClNOS. The maximum atomic E-state index is 12.0. The Hall–Kier alpha value is -0.970. The van der Waals surface area contributed by atoms with Crippen LogP contribution in [0.1, 0.15) is 15.9 Å². The number of carbonyl (C=O) groups excluding carboxylic acids is 1. The van der Waals surface area contributed by atoms with Gasteiger partial charge in [-0.3, -0.25) is 4.79 Å². The molecule has 5 heteroatoms. The SMILES string of the molecule is O=C(NCc1ccccc1Cl)c1ccc(Br)cc1S. The van der Waals surface area contributed by atoms with Crippen molar-refractivity contribution < 1.29 is 4.79 Å². The summed E-state index contributed by atoms with van der Waals surface area (Å²) in [5, 5.41) is 3.47. The number of amides is 1. The van der Waals surface area contributed by atoms with Crippen LogP contribution >= 0.6 is 40.2 Å². The lowest BCUT2D eigenvalue weighted by Gasteiger charge is -2.08. The molecule has 19 heavy (non-hydrogen) atoms. The summed E-state index contributed by atoms with van der Waals surface area (Å²) in [4.78, 5) is 12.7. The fourth-order valence-corrected chi connectivity index (χ4v) is 2.67. The van der Waals surface area contributed by atoms with Crippen molar-refractivity contribution in [2.45, 2.75) is 11.4 Å². The summed E-state index contributed by atoms with van der Waals surface area (Å²) in [5.74, 6) is -0.169. The first-order valence-corrected chi connectivity index (χ1v) is 7.20. The van der Waals surface area contributed by atoms with Crippen molar-refractivity contribution in [3.8, 4) is 0 Å². The van der Waals surface area contributed by atoms with E-state index in [-0.39, 0.29) is 5.91 Å². The van der Waals surface area contributed by atoms with Gasteiger partial charge in [0.05, 0.1) is 5.56 Å². The predicted octanol–water partition coefficient (Wildman–Crippen LogP) is 4.32. The number of carbonyl (C=O) groups is 1. The van der Waals surface area contributed by atoms with Crippen molar-refractivity contribution >= 4 is 46.1 Å². The molecule has 0 radical (unpaired) electrons. The van der Waals surface area contributed by atoms with E-state index in [1.165, 1.54) is 0 Å². The third kappa shape index (κ3) is 3.75. The fraction of sp³-hybridized carbons (Fsp3) is 0.0714. The van der Waals surface area contributed by atoms with Gasteiger partial charge in [0.25, 0.3) is 5.91 Å². The van der Waals surface area contributed by atoms with E-state index in [0.29, 0.717) is 22.0 Å². The number of benzene rings is 2. The van der Waals surface area contributed by atoms with Crippen LogP contribution in [-0.4, -0.2) is 5.91 Å². The summed E-state index contributed by atoms with van der Waals surface area (Å²) in [6.45, 7) is 0.391. The van der Waals surface area contributed by atoms with Crippen molar-refractivity contribution in [3.05, 3.63) is 63.1 Å². The van der Waals surface area contributed by atoms with Crippen LogP contribution in [-0.2, 0) is 6.54 Å². The summed E-state index contributed by atoms with van der Waals surface area (Å²) in [7, 11) is 0. The molecule has 0 spiro atoms. The second kappa shape index (κ2) is 6.46. The summed E-state index contributed by atoms with van der Waals surface area (Å²) in [5.41, 5.74) is 1.42. The molecule has 0 unspecified atom stereocenters. The van der Waals surface area contributed by atoms with Crippen molar-refractivity contribution in [1.29, 1.82) is 0 Å². The van der Waals surface area contributed by atoms with Gasteiger partial charge in [0, 0.05) is 20.9 Å². The molecule has 0 heterocycles. The topological polar surface area (TPSA) is 29.1 Å². The Balaban J connectivity index is 2.08. The third-order valence-corrected chi connectivity index (χ3v) is 3.83. The normalized spacial score (nSPS) is 10.3. The lowest BCUT2D eigenvalue weighted by Crippen LogP contribution is -2.23. The standard InChI is InChI=1S/C14H11BrClNOS/c15-10-5-6-11(13(19)7-10)14(18)17-8-9-3-1-2-4-12(9)16/h1-7,19H,8H2,(H,17,18). The van der Waals surface area contributed by atoms with E-state index in [2.05, 4.69) is 33.9 Å². The average Bonchev–Trinajstić information content (AvgIpc) is 2.37. The average molecular weight is 357 g/mol. The maximum absolute atomic E-state index is 12.0. The first-order chi connectivity index (χ1) is 9.08. The number of hydrogen-bond donors (Lipinski definition) is 2. The molecule has 2 aromatic rings. The number of hydrogen-bond acceptors (Lipinski definition) is 2. The molecule has 0 saturated heterocycles. The Morgan fingerprint density at radius 1 is 1.26 bits per heavy atom. The smallest absolute Gasteiger partial charge is 0.252 e. The highest BCUT2D eigenvalue weighted by Crippen LogP contribution is 2.20. The van der Waals surface area contributed by atoms with Gasteiger partial charge in [-0.2, -0.15) is 0 Å². The highest BCUT2D eigenvalue weighted by Gasteiger charge is 2.10. The second-order valence-electron chi connectivity index (χ2n) is 3.94. The van der Waals surface area contributed by atoms with E-state index in [4.69, 9.17) is 11.6 Å². The first kappa shape index (κ1) is 14.4. The molecular weight excluding hydrogens is 346 g/mol. The number of nitrogens with one attached hydrogen (secondary N) is 1. The predicted molar refractivity (Wildman–Crippen MR) is 84.0 cm³/mol. The molecule has 0 aliphatic rings. The van der Waals surface area contributed by atoms with Crippen LogP contribution in [0.3, 0.4) is 0 Å². The van der Waals surface area contributed by atoms with Gasteiger partial charge in [0.15, 0.2) is 0 Å². The molecule has 2 rings (SSSR count). The minimum Gasteiger partial charge on any atom is -0.348 e. The van der Waals surface area contributed by atoms with Crippen molar-refractivity contribution in [3.63, 3.8) is 0 Å². The Morgan fingerprint density at radius 3 is 2.68 bits per heavy atom. The third-order valence-electron chi connectivity index (χ3n) is 2.60. The zero-order valence-corrected chi connectivity index (χ0v) is 13.1. The minimum atomic E-state index is -0.169. The molecule has 2 nitrogen and oxygen atoms in total. The van der Waals surface area contributed by atoms with Gasteiger partial charge in [-0.1, -0.05) is 45.7 Å². The molecule has 98 valence electrons. The molecule has 1 amide bonds. The molecule has 2 aromatic carbocycles. The van der Waals surface area contributed by atoms with Crippen molar-refractivity contribution in [2.75, 3.05) is 0 Å². The molecule has 1 N–H and O–H groups in total. The lowest BCUT2D eigenvalue weighted by atomic mass is 10.2. The van der Waals surface area contributed by atoms with E-state index < -0.39 is 0 Å². The Kier molecular flexibility index (Phi) is 4.91. The summed E-state index contributed by atoms with van der Waals surface area (Å²) in [6, 6.07) is 12.7. The highest BCUT2D eigenvalue weighted by atomic mass is 79.9. The van der Waals surface area contributed by atoms with E-state index in [9.17, 15) is 4.79 Å². The van der Waals surface area contributed by atoms with Gasteiger partial charge in [-0.15, -0.1) is 12.6 Å². The van der Waals surface area contributed by atoms with Crippen LogP contribution in [0.15, 0.2) is 51.8 Å². The zero-order chi connectivity index (χ0) is 13.8.